The number of ether oxygens (including phenoxy) is 1. The van der Waals surface area contributed by atoms with E-state index >= 15 is 0 Å². The normalized spacial score (nSPS) is 19.8. The van der Waals surface area contributed by atoms with Crippen molar-refractivity contribution in [1.29, 1.82) is 0 Å². The molecule has 1 aliphatic heterocycles. The number of likely N-dealkylation sites (tertiary alicyclic amines) is 1. The van der Waals surface area contributed by atoms with Crippen LogP contribution >= 0.6 is 0 Å². The lowest BCUT2D eigenvalue weighted by atomic mass is 10.2. The molecule has 1 saturated heterocycles. The molecule has 0 saturated carbocycles. The van der Waals surface area contributed by atoms with Crippen molar-refractivity contribution in [2.75, 3.05) is 19.8 Å². The third-order valence-corrected chi connectivity index (χ3v) is 3.20. The second kappa shape index (κ2) is 8.27. The van der Waals surface area contributed by atoms with E-state index in [1.165, 1.54) is 4.90 Å². The Morgan fingerprint density at radius 2 is 2.00 bits per heavy atom. The molecule has 5 nitrogen and oxygen atoms in total. The minimum absolute atomic E-state index is 0.0517. The third kappa shape index (κ3) is 4.91. The topological polar surface area (TPSA) is 58.6 Å². The van der Waals surface area contributed by atoms with Crippen molar-refractivity contribution in [1.82, 2.24) is 10.2 Å². The smallest absolute Gasteiger partial charge is 0.247 e. The van der Waals surface area contributed by atoms with Gasteiger partial charge in [0.1, 0.15) is 0 Å². The second-order valence-electron chi connectivity index (χ2n) is 5.23. The first-order valence-corrected chi connectivity index (χ1v) is 7.25. The standard InChI is InChI=1S/C14H26N2O3/c1-4-5-8-19-9-6-7-15-12-10-13(17)16(11(2)3)14(12)18/h11-12,15H,4-10H2,1-3H3. The van der Waals surface area contributed by atoms with Gasteiger partial charge in [0.15, 0.2) is 0 Å². The van der Waals surface area contributed by atoms with Gasteiger partial charge in [-0.15, -0.1) is 0 Å². The third-order valence-electron chi connectivity index (χ3n) is 3.20. The molecular weight excluding hydrogens is 244 g/mol. The summed E-state index contributed by atoms with van der Waals surface area (Å²) in [6.45, 7) is 8.07. The first-order valence-electron chi connectivity index (χ1n) is 7.25. The minimum atomic E-state index is -0.342. The maximum absolute atomic E-state index is 12.0. The van der Waals surface area contributed by atoms with E-state index in [9.17, 15) is 9.59 Å². The zero-order chi connectivity index (χ0) is 14.3. The van der Waals surface area contributed by atoms with Crippen LogP contribution in [0.5, 0.6) is 0 Å². The molecule has 5 heteroatoms. The van der Waals surface area contributed by atoms with Gasteiger partial charge < -0.3 is 10.1 Å². The van der Waals surface area contributed by atoms with Crippen molar-refractivity contribution < 1.29 is 14.3 Å². The van der Waals surface area contributed by atoms with E-state index < -0.39 is 0 Å². The van der Waals surface area contributed by atoms with Gasteiger partial charge in [0.05, 0.1) is 12.5 Å². The Hall–Kier alpha value is -0.940. The number of hydrogen-bond acceptors (Lipinski definition) is 4. The zero-order valence-corrected chi connectivity index (χ0v) is 12.3. The molecule has 1 heterocycles. The van der Waals surface area contributed by atoms with Crippen LogP contribution in [0.3, 0.4) is 0 Å². The van der Waals surface area contributed by atoms with E-state index in [2.05, 4.69) is 12.2 Å². The lowest BCUT2D eigenvalue weighted by Crippen LogP contribution is -2.42. The quantitative estimate of drug-likeness (QED) is 0.507. The number of nitrogens with one attached hydrogen (secondary N) is 1. The van der Waals surface area contributed by atoms with Crippen LogP contribution in [0.1, 0.15) is 46.5 Å². The molecule has 0 bridgehead atoms. The molecule has 2 amide bonds. The van der Waals surface area contributed by atoms with E-state index in [4.69, 9.17) is 4.74 Å². The molecule has 0 radical (unpaired) electrons. The molecule has 19 heavy (non-hydrogen) atoms. The van der Waals surface area contributed by atoms with Crippen molar-refractivity contribution in [2.24, 2.45) is 0 Å². The first kappa shape index (κ1) is 16.1. The Morgan fingerprint density at radius 3 is 2.58 bits per heavy atom. The Labute approximate surface area is 115 Å². The Kier molecular flexibility index (Phi) is 7.02. The predicted molar refractivity (Wildman–Crippen MR) is 73.7 cm³/mol. The highest BCUT2D eigenvalue weighted by Gasteiger charge is 2.39. The Balaban J connectivity index is 2.17. The first-order chi connectivity index (χ1) is 9.07. The van der Waals surface area contributed by atoms with Gasteiger partial charge in [-0.25, -0.2) is 0 Å². The van der Waals surface area contributed by atoms with Gasteiger partial charge in [0, 0.05) is 19.3 Å². The van der Waals surface area contributed by atoms with E-state index in [0.29, 0.717) is 13.2 Å². The number of nitrogens with zero attached hydrogens (tertiary/aromatic N) is 1. The van der Waals surface area contributed by atoms with E-state index in [1.807, 2.05) is 13.8 Å². The Morgan fingerprint density at radius 1 is 1.32 bits per heavy atom. The largest absolute Gasteiger partial charge is 0.381 e. The molecule has 1 rings (SSSR count). The lowest BCUT2D eigenvalue weighted by molar-refractivity contribution is -0.140. The summed E-state index contributed by atoms with van der Waals surface area (Å²) < 4.78 is 5.44. The van der Waals surface area contributed by atoms with E-state index in [0.717, 1.165) is 25.9 Å². The van der Waals surface area contributed by atoms with Gasteiger partial charge in [0.2, 0.25) is 11.8 Å². The van der Waals surface area contributed by atoms with E-state index in [-0.39, 0.29) is 30.3 Å². The molecule has 1 N–H and O–H groups in total. The summed E-state index contributed by atoms with van der Waals surface area (Å²) in [7, 11) is 0. The average Bonchev–Trinajstić information content (AvgIpc) is 2.63. The van der Waals surface area contributed by atoms with Crippen molar-refractivity contribution in [3.8, 4) is 0 Å². The van der Waals surface area contributed by atoms with Gasteiger partial charge in [0.25, 0.3) is 0 Å². The van der Waals surface area contributed by atoms with Crippen LogP contribution in [0.15, 0.2) is 0 Å². The fourth-order valence-electron chi connectivity index (χ4n) is 2.15. The molecule has 1 atom stereocenters. The number of carbonyl (C=O) groups is 2. The summed E-state index contributed by atoms with van der Waals surface area (Å²) >= 11 is 0. The molecule has 0 spiro atoms. The molecule has 0 aromatic carbocycles. The summed E-state index contributed by atoms with van der Waals surface area (Å²) in [5, 5.41) is 3.15. The van der Waals surface area contributed by atoms with E-state index in [1.54, 1.807) is 0 Å². The van der Waals surface area contributed by atoms with Gasteiger partial charge in [-0.1, -0.05) is 13.3 Å². The van der Waals surface area contributed by atoms with Crippen molar-refractivity contribution in [2.45, 2.75) is 58.5 Å². The highest BCUT2D eigenvalue weighted by molar-refractivity contribution is 6.05. The molecular formula is C14H26N2O3. The van der Waals surface area contributed by atoms with Crippen LogP contribution in [0.4, 0.5) is 0 Å². The number of amides is 2. The summed E-state index contributed by atoms with van der Waals surface area (Å²) in [4.78, 5) is 25.0. The fraction of sp³-hybridized carbons (Fsp3) is 0.857. The molecule has 110 valence electrons. The van der Waals surface area contributed by atoms with Gasteiger partial charge in [-0.3, -0.25) is 14.5 Å². The lowest BCUT2D eigenvalue weighted by Gasteiger charge is -2.19. The van der Waals surface area contributed by atoms with Crippen molar-refractivity contribution >= 4 is 11.8 Å². The number of imide groups is 1. The summed E-state index contributed by atoms with van der Waals surface area (Å²) in [5.41, 5.74) is 0. The summed E-state index contributed by atoms with van der Waals surface area (Å²) in [6, 6.07) is -0.394. The van der Waals surface area contributed by atoms with Crippen molar-refractivity contribution in [3.63, 3.8) is 0 Å². The van der Waals surface area contributed by atoms with Gasteiger partial charge in [-0.2, -0.15) is 0 Å². The van der Waals surface area contributed by atoms with Crippen LogP contribution in [0.25, 0.3) is 0 Å². The zero-order valence-electron chi connectivity index (χ0n) is 12.3. The van der Waals surface area contributed by atoms with Crippen LogP contribution in [0, 0.1) is 0 Å². The number of rotatable bonds is 9. The molecule has 0 aromatic rings. The molecule has 1 fully saturated rings. The molecule has 0 aliphatic carbocycles. The second-order valence-corrected chi connectivity index (χ2v) is 5.23. The highest BCUT2D eigenvalue weighted by Crippen LogP contribution is 2.15. The number of hydrogen-bond donors (Lipinski definition) is 1. The van der Waals surface area contributed by atoms with Gasteiger partial charge >= 0.3 is 0 Å². The minimum Gasteiger partial charge on any atom is -0.381 e. The SMILES string of the molecule is CCCCOCCCNC1CC(=O)N(C(C)C)C1=O. The monoisotopic (exact) mass is 270 g/mol. The number of carbonyl (C=O) groups excluding carboxylic acids is 2. The fourth-order valence-corrected chi connectivity index (χ4v) is 2.15. The van der Waals surface area contributed by atoms with Gasteiger partial charge in [-0.05, 0) is 33.2 Å². The molecule has 1 unspecified atom stereocenters. The Bertz CT molecular complexity index is 305. The predicted octanol–water partition coefficient (Wildman–Crippen LogP) is 1.32. The van der Waals surface area contributed by atoms with Crippen LogP contribution in [0.2, 0.25) is 0 Å². The van der Waals surface area contributed by atoms with Crippen LogP contribution in [-0.4, -0.2) is 48.6 Å². The molecule has 0 aromatic heterocycles. The highest BCUT2D eigenvalue weighted by atomic mass is 16.5. The number of unbranched alkanes of at least 4 members (excludes halogenated alkanes) is 1. The maximum Gasteiger partial charge on any atom is 0.247 e. The maximum atomic E-state index is 12.0. The van der Waals surface area contributed by atoms with Crippen LogP contribution in [-0.2, 0) is 14.3 Å². The van der Waals surface area contributed by atoms with Crippen LogP contribution < -0.4 is 5.32 Å². The van der Waals surface area contributed by atoms with Crippen molar-refractivity contribution in [3.05, 3.63) is 0 Å². The molecule has 1 aliphatic rings. The average molecular weight is 270 g/mol. The summed E-state index contributed by atoms with van der Waals surface area (Å²) in [5.74, 6) is -0.163. The summed E-state index contributed by atoms with van der Waals surface area (Å²) in [6.07, 6.45) is 3.38.